The molecule has 3 N–H and O–H groups in total. The highest BCUT2D eigenvalue weighted by atomic mass is 32.2. The predicted molar refractivity (Wildman–Crippen MR) is 124 cm³/mol. The smallest absolute Gasteiger partial charge is 0.302 e. The van der Waals surface area contributed by atoms with Gasteiger partial charge in [-0.1, -0.05) is 109 Å². The molecule has 176 valence electrons. The summed E-state index contributed by atoms with van der Waals surface area (Å²) >= 11 is 0. The Balaban J connectivity index is 1.99. The first-order chi connectivity index (χ1) is 14.3. The fraction of sp³-hybridized carbons (Fsp3) is 0.833. The van der Waals surface area contributed by atoms with Crippen LogP contribution in [0.2, 0.25) is 0 Å². The van der Waals surface area contributed by atoms with Crippen LogP contribution < -0.4 is 0 Å². The van der Waals surface area contributed by atoms with E-state index in [0.29, 0.717) is 12.0 Å². The molecule has 6 heteroatoms. The van der Waals surface area contributed by atoms with Crippen LogP contribution in [0.3, 0.4) is 0 Å². The highest BCUT2D eigenvalue weighted by Gasteiger charge is 2.39. The van der Waals surface area contributed by atoms with Crippen molar-refractivity contribution < 1.29 is 23.2 Å². The fourth-order valence-corrected chi connectivity index (χ4v) is 4.56. The van der Waals surface area contributed by atoms with Crippen molar-refractivity contribution in [1.82, 2.24) is 0 Å². The van der Waals surface area contributed by atoms with Gasteiger partial charge in [0.05, 0.1) is 6.10 Å². The Labute approximate surface area is 184 Å². The third kappa shape index (κ3) is 11.1. The Hall–Kier alpha value is -0.690. The maximum Gasteiger partial charge on any atom is 0.302 e. The van der Waals surface area contributed by atoms with E-state index < -0.39 is 21.2 Å². The molecule has 0 spiro atoms. The van der Waals surface area contributed by atoms with Gasteiger partial charge < -0.3 is 10.2 Å². The summed E-state index contributed by atoms with van der Waals surface area (Å²) in [5.41, 5.74) is 0.447. The van der Waals surface area contributed by atoms with Gasteiger partial charge in [0.1, 0.15) is 0 Å². The molecular weight excluding hydrogens is 400 g/mol. The number of aliphatic hydroxyl groups is 2. The summed E-state index contributed by atoms with van der Waals surface area (Å²) in [6, 6.07) is 0. The molecule has 0 radical (unpaired) electrons. The molecule has 5 nitrogen and oxygen atoms in total. The number of unbranched alkanes of at least 4 members (excludes halogenated alkanes) is 15. The lowest BCUT2D eigenvalue weighted by Crippen LogP contribution is -2.37. The second-order valence-corrected chi connectivity index (χ2v) is 10.4. The van der Waals surface area contributed by atoms with Gasteiger partial charge in [-0.25, -0.2) is 0 Å². The van der Waals surface area contributed by atoms with E-state index in [4.69, 9.17) is 4.55 Å². The normalized spacial score (nSPS) is 21.7. The second-order valence-electron chi connectivity index (χ2n) is 8.80. The standard InChI is InChI=1S/C24H44O5S/c1-2-3-4-5-6-7-8-9-10-11-12-13-14-15-16-17-18-22-21-24(26,30(27,28)29)20-19-23(22)25/h19-21,23,25-26H,2-18H2,1H3,(H,27,28,29). The molecule has 0 aromatic carbocycles. The summed E-state index contributed by atoms with van der Waals surface area (Å²) in [6.07, 6.45) is 23.3. The van der Waals surface area contributed by atoms with Crippen molar-refractivity contribution in [2.75, 3.05) is 0 Å². The van der Waals surface area contributed by atoms with E-state index in [1.165, 1.54) is 89.5 Å². The van der Waals surface area contributed by atoms with Crippen molar-refractivity contribution in [3.8, 4) is 0 Å². The molecule has 30 heavy (non-hydrogen) atoms. The van der Waals surface area contributed by atoms with Crippen molar-refractivity contribution in [3.63, 3.8) is 0 Å². The number of hydrogen-bond donors (Lipinski definition) is 3. The molecular formula is C24H44O5S. The number of rotatable bonds is 18. The van der Waals surface area contributed by atoms with E-state index in [2.05, 4.69) is 6.92 Å². The molecule has 1 aliphatic carbocycles. The first-order valence-corrected chi connectivity index (χ1v) is 13.5. The summed E-state index contributed by atoms with van der Waals surface area (Å²) in [7, 11) is -4.66. The van der Waals surface area contributed by atoms with Crippen molar-refractivity contribution in [2.45, 2.75) is 127 Å². The lowest BCUT2D eigenvalue weighted by molar-refractivity contribution is 0.188. The van der Waals surface area contributed by atoms with Crippen molar-refractivity contribution >= 4 is 10.1 Å². The largest absolute Gasteiger partial charge is 0.385 e. The summed E-state index contributed by atoms with van der Waals surface area (Å²) < 4.78 is 31.8. The summed E-state index contributed by atoms with van der Waals surface area (Å²) in [6.45, 7) is 2.26. The van der Waals surface area contributed by atoms with Crippen LogP contribution in [0.25, 0.3) is 0 Å². The van der Waals surface area contributed by atoms with Crippen molar-refractivity contribution in [3.05, 3.63) is 23.8 Å². The lowest BCUT2D eigenvalue weighted by atomic mass is 9.95. The minimum atomic E-state index is -4.66. The van der Waals surface area contributed by atoms with E-state index in [1.54, 1.807) is 0 Å². The first kappa shape index (κ1) is 27.3. The van der Waals surface area contributed by atoms with Crippen LogP contribution in [0.1, 0.15) is 116 Å². The van der Waals surface area contributed by atoms with Gasteiger partial charge >= 0.3 is 10.1 Å². The Morgan fingerprint density at radius 1 is 0.800 bits per heavy atom. The van der Waals surface area contributed by atoms with Crippen LogP contribution in [0.15, 0.2) is 23.8 Å². The average molecular weight is 445 g/mol. The van der Waals surface area contributed by atoms with Gasteiger partial charge in [0.15, 0.2) is 0 Å². The van der Waals surface area contributed by atoms with E-state index in [9.17, 15) is 18.6 Å². The molecule has 0 aromatic rings. The van der Waals surface area contributed by atoms with Crippen LogP contribution >= 0.6 is 0 Å². The molecule has 0 amide bonds. The van der Waals surface area contributed by atoms with Crippen molar-refractivity contribution in [2.24, 2.45) is 0 Å². The highest BCUT2D eigenvalue weighted by Crippen LogP contribution is 2.28. The molecule has 0 saturated heterocycles. The molecule has 0 aliphatic heterocycles. The van der Waals surface area contributed by atoms with Gasteiger partial charge in [0.25, 0.3) is 0 Å². The highest BCUT2D eigenvalue weighted by molar-refractivity contribution is 7.87. The monoisotopic (exact) mass is 444 g/mol. The van der Waals surface area contributed by atoms with Gasteiger partial charge in [-0.05, 0) is 30.6 Å². The van der Waals surface area contributed by atoms with E-state index in [1.807, 2.05) is 0 Å². The van der Waals surface area contributed by atoms with Crippen molar-refractivity contribution in [1.29, 1.82) is 0 Å². The molecule has 0 aromatic heterocycles. The second kappa shape index (κ2) is 15.2. The van der Waals surface area contributed by atoms with E-state index >= 15 is 0 Å². The Bertz CT molecular complexity index is 611. The Kier molecular flexibility index (Phi) is 13.8. The maximum absolute atomic E-state index is 11.3. The molecule has 2 atom stereocenters. The van der Waals surface area contributed by atoms with Gasteiger partial charge in [-0.15, -0.1) is 0 Å². The first-order valence-electron chi connectivity index (χ1n) is 12.1. The molecule has 2 unspecified atom stereocenters. The third-order valence-electron chi connectivity index (χ3n) is 6.02. The van der Waals surface area contributed by atoms with Gasteiger partial charge in [-0.2, -0.15) is 8.42 Å². The fourth-order valence-electron chi connectivity index (χ4n) is 4.01. The van der Waals surface area contributed by atoms with Crippen LogP contribution in [0, 0.1) is 0 Å². The third-order valence-corrected chi connectivity index (χ3v) is 7.10. The minimum Gasteiger partial charge on any atom is -0.385 e. The molecule has 0 fully saturated rings. The zero-order valence-electron chi connectivity index (χ0n) is 18.9. The topological polar surface area (TPSA) is 94.8 Å². The van der Waals surface area contributed by atoms with Crippen LogP contribution in [-0.2, 0) is 10.1 Å². The van der Waals surface area contributed by atoms with Crippen LogP contribution in [-0.4, -0.2) is 34.2 Å². The molecule has 1 rings (SSSR count). The van der Waals surface area contributed by atoms with Gasteiger partial charge in [-0.3, -0.25) is 4.55 Å². The Morgan fingerprint density at radius 3 is 1.60 bits per heavy atom. The maximum atomic E-state index is 11.3. The zero-order chi connectivity index (χ0) is 22.3. The van der Waals surface area contributed by atoms with Gasteiger partial charge in [0.2, 0.25) is 4.93 Å². The molecule has 0 saturated carbocycles. The zero-order valence-corrected chi connectivity index (χ0v) is 19.7. The molecule has 0 bridgehead atoms. The lowest BCUT2D eigenvalue weighted by Gasteiger charge is -2.25. The van der Waals surface area contributed by atoms with E-state index in [-0.39, 0.29) is 0 Å². The predicted octanol–water partition coefficient (Wildman–Crippen LogP) is 6.07. The van der Waals surface area contributed by atoms with Gasteiger partial charge in [0, 0.05) is 0 Å². The average Bonchev–Trinajstić information content (AvgIpc) is 2.69. The van der Waals surface area contributed by atoms with E-state index in [0.717, 1.165) is 31.4 Å². The molecule has 0 heterocycles. The summed E-state index contributed by atoms with van der Waals surface area (Å²) in [5.74, 6) is 0. The summed E-state index contributed by atoms with van der Waals surface area (Å²) in [4.78, 5) is -2.42. The SMILES string of the molecule is CCCCCCCCCCCCCCCCCCC1=CC(O)(S(=O)(=O)O)C=CC1O. The Morgan fingerprint density at radius 2 is 1.20 bits per heavy atom. The molecule has 1 aliphatic rings. The summed E-state index contributed by atoms with van der Waals surface area (Å²) in [5, 5.41) is 20.0. The number of hydrogen-bond acceptors (Lipinski definition) is 4. The van der Waals surface area contributed by atoms with Crippen LogP contribution in [0.5, 0.6) is 0 Å². The minimum absolute atomic E-state index is 0.447. The number of aliphatic hydroxyl groups excluding tert-OH is 1. The van der Waals surface area contributed by atoms with Crippen LogP contribution in [0.4, 0.5) is 0 Å². The quantitative estimate of drug-likeness (QED) is 0.135.